The van der Waals surface area contributed by atoms with Crippen LogP contribution in [0.3, 0.4) is 0 Å². The SMILES string of the molecule is C[C@H](C#N)CNC(=O)c1ccn(-c2cccc(C(F)(F)F)c2)n1. The van der Waals surface area contributed by atoms with E-state index in [0.29, 0.717) is 0 Å². The van der Waals surface area contributed by atoms with Crippen molar-refractivity contribution in [2.75, 3.05) is 6.54 Å². The smallest absolute Gasteiger partial charge is 0.349 e. The van der Waals surface area contributed by atoms with Gasteiger partial charge in [-0.15, -0.1) is 0 Å². The van der Waals surface area contributed by atoms with Gasteiger partial charge in [0.15, 0.2) is 5.69 Å². The van der Waals surface area contributed by atoms with Gasteiger partial charge in [0, 0.05) is 12.7 Å². The number of amides is 1. The van der Waals surface area contributed by atoms with Crippen molar-refractivity contribution >= 4 is 5.91 Å². The number of nitrogens with one attached hydrogen (secondary N) is 1. The predicted octanol–water partition coefficient (Wildman–Crippen LogP) is 2.78. The van der Waals surface area contributed by atoms with Crippen molar-refractivity contribution in [1.29, 1.82) is 5.26 Å². The summed E-state index contributed by atoms with van der Waals surface area (Å²) in [5.74, 6) is -0.831. The Morgan fingerprint density at radius 3 is 2.83 bits per heavy atom. The van der Waals surface area contributed by atoms with Crippen molar-refractivity contribution in [3.05, 3.63) is 47.8 Å². The van der Waals surface area contributed by atoms with Crippen LogP contribution in [-0.2, 0) is 6.18 Å². The molecule has 0 saturated heterocycles. The van der Waals surface area contributed by atoms with Crippen LogP contribution in [0.25, 0.3) is 5.69 Å². The molecule has 1 aromatic heterocycles. The highest BCUT2D eigenvalue weighted by molar-refractivity contribution is 5.92. The van der Waals surface area contributed by atoms with Gasteiger partial charge >= 0.3 is 6.18 Å². The molecule has 1 atom stereocenters. The first kappa shape index (κ1) is 16.5. The Kier molecular flexibility index (Phi) is 4.69. The lowest BCUT2D eigenvalue weighted by molar-refractivity contribution is -0.137. The number of carbonyl (C=O) groups excluding carboxylic acids is 1. The molecule has 2 rings (SSSR count). The van der Waals surface area contributed by atoms with E-state index < -0.39 is 17.6 Å². The lowest BCUT2D eigenvalue weighted by Gasteiger charge is -2.08. The molecule has 1 amide bonds. The molecule has 1 heterocycles. The third-order valence-corrected chi connectivity index (χ3v) is 3.05. The minimum absolute atomic E-state index is 0.0625. The van der Waals surface area contributed by atoms with E-state index >= 15 is 0 Å². The maximum absolute atomic E-state index is 12.7. The quantitative estimate of drug-likeness (QED) is 0.941. The molecule has 0 aliphatic carbocycles. The lowest BCUT2D eigenvalue weighted by atomic mass is 10.2. The number of hydrogen-bond donors (Lipinski definition) is 1. The zero-order valence-corrected chi connectivity index (χ0v) is 12.1. The summed E-state index contributed by atoms with van der Waals surface area (Å²) in [5.41, 5.74) is -0.531. The van der Waals surface area contributed by atoms with Gasteiger partial charge in [-0.3, -0.25) is 4.79 Å². The Morgan fingerprint density at radius 2 is 2.17 bits per heavy atom. The van der Waals surface area contributed by atoms with Gasteiger partial charge in [-0.25, -0.2) is 4.68 Å². The van der Waals surface area contributed by atoms with E-state index in [1.165, 1.54) is 29.1 Å². The van der Waals surface area contributed by atoms with Crippen LogP contribution in [0.15, 0.2) is 36.5 Å². The van der Waals surface area contributed by atoms with Crippen molar-refractivity contribution < 1.29 is 18.0 Å². The van der Waals surface area contributed by atoms with Gasteiger partial charge < -0.3 is 5.32 Å². The number of carbonyl (C=O) groups is 1. The van der Waals surface area contributed by atoms with E-state index in [-0.39, 0.29) is 23.8 Å². The Hall–Kier alpha value is -2.82. The minimum Gasteiger partial charge on any atom is -0.349 e. The summed E-state index contributed by atoms with van der Waals surface area (Å²) < 4.78 is 39.3. The molecule has 0 fully saturated rings. The summed E-state index contributed by atoms with van der Waals surface area (Å²) in [6, 6.07) is 8.02. The standard InChI is InChI=1S/C15H13F3N4O/c1-10(8-19)9-20-14(23)13-5-6-22(21-13)12-4-2-3-11(7-12)15(16,17)18/h2-7,10H,9H2,1H3,(H,20,23)/t10-/m1/s1. The largest absolute Gasteiger partial charge is 0.416 e. The highest BCUT2D eigenvalue weighted by Gasteiger charge is 2.30. The van der Waals surface area contributed by atoms with Crippen molar-refractivity contribution in [2.45, 2.75) is 13.1 Å². The minimum atomic E-state index is -4.45. The summed E-state index contributed by atoms with van der Waals surface area (Å²) in [6.45, 7) is 1.83. The van der Waals surface area contributed by atoms with Crippen LogP contribution in [0.2, 0.25) is 0 Å². The predicted molar refractivity (Wildman–Crippen MR) is 75.7 cm³/mol. The van der Waals surface area contributed by atoms with Gasteiger partial charge in [-0.05, 0) is 31.2 Å². The Morgan fingerprint density at radius 1 is 1.43 bits per heavy atom. The van der Waals surface area contributed by atoms with Crippen LogP contribution in [0.5, 0.6) is 0 Å². The van der Waals surface area contributed by atoms with Crippen LogP contribution < -0.4 is 5.32 Å². The maximum atomic E-state index is 12.7. The van der Waals surface area contributed by atoms with Gasteiger partial charge in [-0.1, -0.05) is 6.07 Å². The van der Waals surface area contributed by atoms with E-state index in [0.717, 1.165) is 12.1 Å². The third-order valence-electron chi connectivity index (χ3n) is 3.05. The third kappa shape index (κ3) is 4.10. The average Bonchev–Trinajstić information content (AvgIpc) is 3.01. The summed E-state index contributed by atoms with van der Waals surface area (Å²) in [7, 11) is 0. The molecule has 0 spiro atoms. The molecule has 1 N–H and O–H groups in total. The second-order valence-corrected chi connectivity index (χ2v) is 4.93. The van der Waals surface area contributed by atoms with Crippen molar-refractivity contribution in [3.63, 3.8) is 0 Å². The first-order valence-electron chi connectivity index (χ1n) is 6.72. The molecule has 0 radical (unpaired) electrons. The van der Waals surface area contributed by atoms with Gasteiger partial charge in [0.1, 0.15) is 0 Å². The molecule has 0 unspecified atom stereocenters. The number of aromatic nitrogens is 2. The second kappa shape index (κ2) is 6.52. The zero-order valence-electron chi connectivity index (χ0n) is 12.1. The molecule has 0 bridgehead atoms. The molecule has 8 heteroatoms. The Balaban J connectivity index is 2.16. The molecular weight excluding hydrogens is 309 g/mol. The Labute approximate surface area is 130 Å². The second-order valence-electron chi connectivity index (χ2n) is 4.93. The van der Waals surface area contributed by atoms with Crippen LogP contribution >= 0.6 is 0 Å². The van der Waals surface area contributed by atoms with Crippen LogP contribution in [0, 0.1) is 17.2 Å². The first-order chi connectivity index (χ1) is 10.8. The fraction of sp³-hybridized carbons (Fsp3) is 0.267. The van der Waals surface area contributed by atoms with Crippen LogP contribution in [0.1, 0.15) is 23.0 Å². The van der Waals surface area contributed by atoms with Crippen molar-refractivity contribution in [1.82, 2.24) is 15.1 Å². The molecule has 5 nitrogen and oxygen atoms in total. The number of benzene rings is 1. The number of hydrogen-bond acceptors (Lipinski definition) is 3. The van der Waals surface area contributed by atoms with Crippen molar-refractivity contribution in [2.24, 2.45) is 5.92 Å². The normalized spacial score (nSPS) is 12.5. The topological polar surface area (TPSA) is 70.7 Å². The van der Waals surface area contributed by atoms with Gasteiger partial charge in [0.2, 0.25) is 0 Å². The summed E-state index contributed by atoms with van der Waals surface area (Å²) in [6.07, 6.45) is -3.05. The van der Waals surface area contributed by atoms with E-state index in [1.54, 1.807) is 6.92 Å². The highest BCUT2D eigenvalue weighted by Crippen LogP contribution is 2.30. The molecule has 0 aliphatic rings. The number of alkyl halides is 3. The lowest BCUT2D eigenvalue weighted by Crippen LogP contribution is -2.28. The number of nitrogens with zero attached hydrogens (tertiary/aromatic N) is 3. The molecule has 0 saturated carbocycles. The molecule has 2 aromatic rings. The molecule has 1 aromatic carbocycles. The van der Waals surface area contributed by atoms with E-state index in [9.17, 15) is 18.0 Å². The Bertz CT molecular complexity index is 746. The summed E-state index contributed by atoms with van der Waals surface area (Å²) >= 11 is 0. The van der Waals surface area contributed by atoms with Gasteiger partial charge in [0.05, 0.1) is 23.2 Å². The average molecular weight is 322 g/mol. The summed E-state index contributed by atoms with van der Waals surface area (Å²) in [4.78, 5) is 11.9. The van der Waals surface area contributed by atoms with Crippen LogP contribution in [0.4, 0.5) is 13.2 Å². The number of nitriles is 1. The zero-order chi connectivity index (χ0) is 17.0. The van der Waals surface area contributed by atoms with Crippen molar-refractivity contribution in [3.8, 4) is 11.8 Å². The van der Waals surface area contributed by atoms with E-state index in [1.807, 2.05) is 6.07 Å². The first-order valence-corrected chi connectivity index (χ1v) is 6.72. The van der Waals surface area contributed by atoms with Gasteiger partial charge in [0.25, 0.3) is 5.91 Å². The fourth-order valence-corrected chi connectivity index (χ4v) is 1.80. The maximum Gasteiger partial charge on any atom is 0.416 e. The molecule has 120 valence electrons. The van der Waals surface area contributed by atoms with Gasteiger partial charge in [-0.2, -0.15) is 23.5 Å². The number of halogens is 3. The molecule has 0 aliphatic heterocycles. The fourth-order valence-electron chi connectivity index (χ4n) is 1.80. The molecule has 23 heavy (non-hydrogen) atoms. The van der Waals surface area contributed by atoms with E-state index in [2.05, 4.69) is 10.4 Å². The molecular formula is C15H13F3N4O. The monoisotopic (exact) mass is 322 g/mol. The number of rotatable bonds is 4. The van der Waals surface area contributed by atoms with E-state index in [4.69, 9.17) is 5.26 Å². The van der Waals surface area contributed by atoms with Crippen LogP contribution in [-0.4, -0.2) is 22.2 Å². The summed E-state index contributed by atoms with van der Waals surface area (Å²) in [5, 5.41) is 15.1. The highest BCUT2D eigenvalue weighted by atomic mass is 19.4.